The van der Waals surface area contributed by atoms with Gasteiger partial charge in [0.15, 0.2) is 0 Å². The number of rotatable bonds is 4. The zero-order chi connectivity index (χ0) is 16.6. The van der Waals surface area contributed by atoms with E-state index in [9.17, 15) is 13.2 Å². The Hall–Kier alpha value is -1.38. The molecule has 3 atom stereocenters. The molecule has 0 saturated carbocycles. The molecule has 1 aromatic heterocycles. The van der Waals surface area contributed by atoms with E-state index in [1.807, 2.05) is 4.90 Å². The lowest BCUT2D eigenvalue weighted by Crippen LogP contribution is -2.47. The van der Waals surface area contributed by atoms with Crippen LogP contribution in [0.15, 0.2) is 16.7 Å². The van der Waals surface area contributed by atoms with E-state index in [4.69, 9.17) is 9.15 Å². The second-order valence-electron chi connectivity index (χ2n) is 6.35. The molecule has 3 rings (SSSR count). The fourth-order valence-corrected chi connectivity index (χ4v) is 3.90. The first kappa shape index (κ1) is 16.5. The van der Waals surface area contributed by atoms with Crippen LogP contribution in [0.2, 0.25) is 0 Å². The summed E-state index contributed by atoms with van der Waals surface area (Å²) >= 11 is 0. The third kappa shape index (κ3) is 3.59. The van der Waals surface area contributed by atoms with Crippen LogP contribution in [0.1, 0.15) is 22.5 Å². The molecule has 2 saturated heterocycles. The summed E-state index contributed by atoms with van der Waals surface area (Å²) in [4.78, 5) is 14.4. The molecule has 0 spiro atoms. The predicted octanol–water partition coefficient (Wildman–Crippen LogP) is 0.614. The Morgan fingerprint density at radius 3 is 2.91 bits per heavy atom. The standard InChI is InChI=1S/C15H22N2O5S/c1-10-12(4-6-21-10)15(18)17-5-3-11-9-22-14(13(11)8-17)7-16-23(2,19)20/h4,6,11,13-14,16H,3,5,7-9H2,1-2H3/t11-,13-,14+/m0/s1. The van der Waals surface area contributed by atoms with Crippen molar-refractivity contribution in [1.82, 2.24) is 9.62 Å². The SMILES string of the molecule is Cc1occc1C(=O)N1CC[C@H]2CO[C@H](CNS(C)(=O)=O)[C@H]2C1. The molecule has 0 aliphatic carbocycles. The minimum atomic E-state index is -3.24. The molecular formula is C15H22N2O5S. The average molecular weight is 342 g/mol. The first-order valence-corrected chi connectivity index (χ1v) is 9.64. The number of amides is 1. The van der Waals surface area contributed by atoms with Crippen molar-refractivity contribution in [2.24, 2.45) is 11.8 Å². The van der Waals surface area contributed by atoms with E-state index < -0.39 is 10.0 Å². The van der Waals surface area contributed by atoms with E-state index in [2.05, 4.69) is 4.72 Å². The maximum absolute atomic E-state index is 12.6. The van der Waals surface area contributed by atoms with Gasteiger partial charge in [0.05, 0.1) is 30.8 Å². The Kier molecular flexibility index (Phi) is 4.48. The van der Waals surface area contributed by atoms with Crippen LogP contribution in [0.4, 0.5) is 0 Å². The van der Waals surface area contributed by atoms with Gasteiger partial charge in [-0.15, -0.1) is 0 Å². The smallest absolute Gasteiger partial charge is 0.257 e. The van der Waals surface area contributed by atoms with Gasteiger partial charge in [-0.2, -0.15) is 0 Å². The van der Waals surface area contributed by atoms with Crippen molar-refractivity contribution >= 4 is 15.9 Å². The highest BCUT2D eigenvalue weighted by molar-refractivity contribution is 7.88. The van der Waals surface area contributed by atoms with Crippen LogP contribution in [-0.2, 0) is 14.8 Å². The number of sulfonamides is 1. The number of furan rings is 1. The Labute approximate surface area is 136 Å². The van der Waals surface area contributed by atoms with Crippen molar-refractivity contribution in [2.75, 3.05) is 32.5 Å². The number of piperidine rings is 1. The molecule has 0 aromatic carbocycles. The second-order valence-corrected chi connectivity index (χ2v) is 8.18. The zero-order valence-electron chi connectivity index (χ0n) is 13.3. The maximum atomic E-state index is 12.6. The molecule has 0 bridgehead atoms. The van der Waals surface area contributed by atoms with Crippen molar-refractivity contribution in [2.45, 2.75) is 19.4 Å². The van der Waals surface area contributed by atoms with Crippen molar-refractivity contribution in [3.05, 3.63) is 23.7 Å². The van der Waals surface area contributed by atoms with Gasteiger partial charge in [-0.25, -0.2) is 13.1 Å². The van der Waals surface area contributed by atoms with Crippen molar-refractivity contribution in [3.63, 3.8) is 0 Å². The van der Waals surface area contributed by atoms with Gasteiger partial charge in [-0.05, 0) is 25.3 Å². The number of fused-ring (bicyclic) bond motifs is 1. The van der Waals surface area contributed by atoms with Gasteiger partial charge < -0.3 is 14.1 Å². The van der Waals surface area contributed by atoms with Crippen LogP contribution >= 0.6 is 0 Å². The predicted molar refractivity (Wildman–Crippen MR) is 83.5 cm³/mol. The average Bonchev–Trinajstić information content (AvgIpc) is 3.09. The minimum Gasteiger partial charge on any atom is -0.469 e. The molecule has 1 amide bonds. The van der Waals surface area contributed by atoms with Gasteiger partial charge >= 0.3 is 0 Å². The van der Waals surface area contributed by atoms with Crippen molar-refractivity contribution in [1.29, 1.82) is 0 Å². The summed E-state index contributed by atoms with van der Waals surface area (Å²) in [7, 11) is -3.24. The Morgan fingerprint density at radius 2 is 2.26 bits per heavy atom. The lowest BCUT2D eigenvalue weighted by atomic mass is 9.84. The highest BCUT2D eigenvalue weighted by Gasteiger charge is 2.42. The minimum absolute atomic E-state index is 0.0311. The summed E-state index contributed by atoms with van der Waals surface area (Å²) in [5.41, 5.74) is 0.591. The van der Waals surface area contributed by atoms with Crippen LogP contribution < -0.4 is 4.72 Å². The largest absolute Gasteiger partial charge is 0.469 e. The number of nitrogens with zero attached hydrogens (tertiary/aromatic N) is 1. The molecule has 2 fully saturated rings. The van der Waals surface area contributed by atoms with Crippen LogP contribution in [-0.4, -0.2) is 57.8 Å². The number of carbonyl (C=O) groups is 1. The normalized spacial score (nSPS) is 27.9. The van der Waals surface area contributed by atoms with E-state index >= 15 is 0 Å². The molecule has 1 N–H and O–H groups in total. The van der Waals surface area contributed by atoms with Gasteiger partial charge in [0.25, 0.3) is 5.91 Å². The highest BCUT2D eigenvalue weighted by atomic mass is 32.2. The quantitative estimate of drug-likeness (QED) is 0.866. The van der Waals surface area contributed by atoms with E-state index in [0.29, 0.717) is 36.9 Å². The first-order valence-electron chi connectivity index (χ1n) is 7.75. The maximum Gasteiger partial charge on any atom is 0.257 e. The molecule has 8 heteroatoms. The summed E-state index contributed by atoms with van der Waals surface area (Å²) < 4.78 is 36.0. The molecule has 1 aromatic rings. The lowest BCUT2D eigenvalue weighted by Gasteiger charge is -2.36. The molecule has 2 aliphatic heterocycles. The fraction of sp³-hybridized carbons (Fsp3) is 0.667. The van der Waals surface area contributed by atoms with Gasteiger partial charge in [0.2, 0.25) is 10.0 Å². The van der Waals surface area contributed by atoms with E-state index in [-0.39, 0.29) is 24.5 Å². The van der Waals surface area contributed by atoms with E-state index in [0.717, 1.165) is 12.7 Å². The highest BCUT2D eigenvalue weighted by Crippen LogP contribution is 2.34. The molecular weight excluding hydrogens is 320 g/mol. The van der Waals surface area contributed by atoms with Crippen LogP contribution in [0.3, 0.4) is 0 Å². The number of carbonyl (C=O) groups excluding carboxylic acids is 1. The molecule has 2 aliphatic rings. The number of aryl methyl sites for hydroxylation is 1. The molecule has 0 unspecified atom stereocenters. The lowest BCUT2D eigenvalue weighted by molar-refractivity contribution is 0.0561. The molecule has 128 valence electrons. The number of likely N-dealkylation sites (tertiary alicyclic amines) is 1. The van der Waals surface area contributed by atoms with Gasteiger partial charge in [0, 0.05) is 25.6 Å². The fourth-order valence-electron chi connectivity index (χ4n) is 3.43. The number of hydrogen-bond donors (Lipinski definition) is 1. The van der Waals surface area contributed by atoms with Crippen molar-refractivity contribution < 1.29 is 22.4 Å². The second kappa shape index (κ2) is 6.26. The Balaban J connectivity index is 1.67. The number of nitrogens with one attached hydrogen (secondary N) is 1. The van der Waals surface area contributed by atoms with Crippen LogP contribution in [0.5, 0.6) is 0 Å². The zero-order valence-corrected chi connectivity index (χ0v) is 14.1. The van der Waals surface area contributed by atoms with Crippen LogP contribution in [0, 0.1) is 18.8 Å². The van der Waals surface area contributed by atoms with Gasteiger partial charge in [-0.1, -0.05) is 0 Å². The van der Waals surface area contributed by atoms with E-state index in [1.54, 1.807) is 13.0 Å². The van der Waals surface area contributed by atoms with Gasteiger partial charge in [-0.3, -0.25) is 4.79 Å². The summed E-state index contributed by atoms with van der Waals surface area (Å²) in [5, 5.41) is 0. The summed E-state index contributed by atoms with van der Waals surface area (Å²) in [6.07, 6.45) is 3.35. The monoisotopic (exact) mass is 342 g/mol. The Bertz CT molecular complexity index is 684. The molecule has 7 nitrogen and oxygen atoms in total. The third-order valence-electron chi connectivity index (χ3n) is 4.73. The topological polar surface area (TPSA) is 88.8 Å². The molecule has 0 radical (unpaired) electrons. The third-order valence-corrected chi connectivity index (χ3v) is 5.42. The summed E-state index contributed by atoms with van der Waals surface area (Å²) in [6, 6.07) is 1.69. The molecule has 23 heavy (non-hydrogen) atoms. The summed E-state index contributed by atoms with van der Waals surface area (Å²) in [6.45, 7) is 3.95. The number of hydrogen-bond acceptors (Lipinski definition) is 5. The molecule has 3 heterocycles. The van der Waals surface area contributed by atoms with Gasteiger partial charge in [0.1, 0.15) is 5.76 Å². The summed E-state index contributed by atoms with van der Waals surface area (Å²) in [5.74, 6) is 1.14. The van der Waals surface area contributed by atoms with Crippen molar-refractivity contribution in [3.8, 4) is 0 Å². The first-order chi connectivity index (χ1) is 10.8. The van der Waals surface area contributed by atoms with E-state index in [1.165, 1.54) is 6.26 Å². The number of ether oxygens (including phenoxy) is 1. The van der Waals surface area contributed by atoms with Crippen LogP contribution in [0.25, 0.3) is 0 Å². The Morgan fingerprint density at radius 1 is 1.48 bits per heavy atom.